The van der Waals surface area contributed by atoms with Crippen LogP contribution in [0.3, 0.4) is 0 Å². The van der Waals surface area contributed by atoms with Gasteiger partial charge in [0.25, 0.3) is 0 Å². The van der Waals surface area contributed by atoms with Crippen molar-refractivity contribution in [3.63, 3.8) is 0 Å². The summed E-state index contributed by atoms with van der Waals surface area (Å²) < 4.78 is 18.8. The van der Waals surface area contributed by atoms with E-state index in [-0.39, 0.29) is 5.82 Å². The van der Waals surface area contributed by atoms with Gasteiger partial charge in [0.05, 0.1) is 6.61 Å². The summed E-state index contributed by atoms with van der Waals surface area (Å²) in [5.74, 6) is 0.400. The molecule has 2 rings (SSSR count). The van der Waals surface area contributed by atoms with Crippen molar-refractivity contribution >= 4 is 11.9 Å². The van der Waals surface area contributed by atoms with Gasteiger partial charge in [-0.2, -0.15) is 4.74 Å². The summed E-state index contributed by atoms with van der Waals surface area (Å²) in [5, 5.41) is 11.8. The van der Waals surface area contributed by atoms with Crippen LogP contribution in [0, 0.1) is 11.0 Å². The van der Waals surface area contributed by atoms with E-state index < -0.39 is 0 Å². The van der Waals surface area contributed by atoms with Crippen molar-refractivity contribution in [3.8, 4) is 5.75 Å². The molecule has 0 aliphatic heterocycles. The highest BCUT2D eigenvalue weighted by molar-refractivity contribution is 5.76. The third kappa shape index (κ3) is 3.55. The summed E-state index contributed by atoms with van der Waals surface area (Å²) in [6.07, 6.45) is 1.43. The highest BCUT2D eigenvalue weighted by atomic mass is 19.1. The van der Waals surface area contributed by atoms with Crippen molar-refractivity contribution in [2.24, 2.45) is 0 Å². The lowest BCUT2D eigenvalue weighted by Gasteiger charge is -2.04. The highest BCUT2D eigenvalue weighted by Crippen LogP contribution is 2.14. The summed E-state index contributed by atoms with van der Waals surface area (Å²) >= 11 is 0. The van der Waals surface area contributed by atoms with Gasteiger partial charge in [0.15, 0.2) is 6.21 Å². The molecule has 3 nitrogen and oxygen atoms in total. The van der Waals surface area contributed by atoms with Crippen LogP contribution < -0.4 is 4.74 Å². The monoisotopic (exact) mass is 259 g/mol. The van der Waals surface area contributed by atoms with Crippen LogP contribution in [0.15, 0.2) is 48.5 Å². The molecule has 0 heterocycles. The van der Waals surface area contributed by atoms with E-state index in [1.807, 2.05) is 6.92 Å². The van der Waals surface area contributed by atoms with Crippen molar-refractivity contribution in [2.75, 3.05) is 6.61 Å². The molecule has 0 fully saturated rings. The Morgan fingerprint density at radius 2 is 1.74 bits per heavy atom. The predicted octanol–water partition coefficient (Wildman–Crippen LogP) is 3.49. The molecule has 0 amide bonds. The molecule has 0 unspecified atom stereocenters. The van der Waals surface area contributed by atoms with Crippen LogP contribution in [0.25, 0.3) is 0 Å². The van der Waals surface area contributed by atoms with Gasteiger partial charge in [-0.05, 0) is 43.3 Å². The van der Waals surface area contributed by atoms with E-state index in [4.69, 9.17) is 4.74 Å². The normalized spacial score (nSPS) is 11.4. The van der Waals surface area contributed by atoms with Crippen LogP contribution in [0.4, 0.5) is 10.1 Å². The van der Waals surface area contributed by atoms with E-state index >= 15 is 0 Å². The Balaban J connectivity index is 2.17. The van der Waals surface area contributed by atoms with Crippen LogP contribution in [0.5, 0.6) is 5.75 Å². The average molecular weight is 259 g/mol. The van der Waals surface area contributed by atoms with Crippen LogP contribution in [-0.4, -0.2) is 17.6 Å². The van der Waals surface area contributed by atoms with E-state index in [9.17, 15) is 9.60 Å². The number of hydrogen-bond donors (Lipinski definition) is 0. The molecule has 0 atom stereocenters. The molecule has 0 aliphatic carbocycles. The molecular formula is C15H14FNO2. The minimum absolute atomic E-state index is 0.363. The number of halogens is 1. The first-order chi connectivity index (χ1) is 9.19. The van der Waals surface area contributed by atoms with Gasteiger partial charge in [0.1, 0.15) is 11.6 Å². The van der Waals surface area contributed by atoms with Gasteiger partial charge in [-0.1, -0.05) is 0 Å². The molecule has 0 saturated heterocycles. The molecule has 2 aromatic carbocycles. The van der Waals surface area contributed by atoms with Gasteiger partial charge < -0.3 is 9.94 Å². The number of ether oxygens (including phenoxy) is 1. The zero-order valence-corrected chi connectivity index (χ0v) is 10.5. The number of hydrogen-bond acceptors (Lipinski definition) is 2. The lowest BCUT2D eigenvalue weighted by molar-refractivity contribution is -0.354. The molecule has 0 N–H and O–H groups in total. The standard InChI is InChI=1S/C15H14FNO2/c1-2-19-15-9-3-12(4-10-15)11-17(18)14-7-5-13(16)6-8-14/h3-11H,2H2,1H3/b17-11+. The Bertz CT molecular complexity index is 562. The van der Waals surface area contributed by atoms with Crippen molar-refractivity contribution < 1.29 is 13.9 Å². The molecule has 0 saturated carbocycles. The second-order valence-corrected chi connectivity index (χ2v) is 3.93. The third-order valence-electron chi connectivity index (χ3n) is 2.54. The Kier molecular flexibility index (Phi) is 4.13. The summed E-state index contributed by atoms with van der Waals surface area (Å²) in [4.78, 5) is 0. The number of benzene rings is 2. The smallest absolute Gasteiger partial charge is 0.216 e. The Morgan fingerprint density at radius 3 is 2.32 bits per heavy atom. The van der Waals surface area contributed by atoms with E-state index in [0.717, 1.165) is 11.3 Å². The Hall–Kier alpha value is -2.36. The van der Waals surface area contributed by atoms with Gasteiger partial charge in [0, 0.05) is 17.7 Å². The summed E-state index contributed by atoms with van der Waals surface area (Å²) in [6, 6.07) is 12.6. The van der Waals surface area contributed by atoms with E-state index in [1.165, 1.54) is 30.5 Å². The predicted molar refractivity (Wildman–Crippen MR) is 72.5 cm³/mol. The van der Waals surface area contributed by atoms with Crippen molar-refractivity contribution in [1.82, 2.24) is 0 Å². The fourth-order valence-electron chi connectivity index (χ4n) is 1.61. The summed E-state index contributed by atoms with van der Waals surface area (Å²) in [5.41, 5.74) is 1.14. The summed E-state index contributed by atoms with van der Waals surface area (Å²) in [7, 11) is 0. The molecule has 0 radical (unpaired) electrons. The van der Waals surface area contributed by atoms with E-state index in [1.54, 1.807) is 24.3 Å². The molecule has 98 valence electrons. The van der Waals surface area contributed by atoms with Gasteiger partial charge in [-0.25, -0.2) is 4.39 Å². The van der Waals surface area contributed by atoms with E-state index in [2.05, 4.69) is 0 Å². The van der Waals surface area contributed by atoms with Gasteiger partial charge in [0.2, 0.25) is 5.69 Å². The van der Waals surface area contributed by atoms with Crippen molar-refractivity contribution in [2.45, 2.75) is 6.92 Å². The average Bonchev–Trinajstić information content (AvgIpc) is 2.42. The van der Waals surface area contributed by atoms with Gasteiger partial charge in [-0.15, -0.1) is 0 Å². The van der Waals surface area contributed by atoms with Crippen LogP contribution in [0.1, 0.15) is 12.5 Å². The Labute approximate surface area is 111 Å². The fourth-order valence-corrected chi connectivity index (χ4v) is 1.61. The lowest BCUT2D eigenvalue weighted by Crippen LogP contribution is -1.99. The maximum atomic E-state index is 12.7. The molecule has 0 spiro atoms. The lowest BCUT2D eigenvalue weighted by atomic mass is 10.2. The quantitative estimate of drug-likeness (QED) is 0.364. The minimum atomic E-state index is -0.363. The number of rotatable bonds is 4. The third-order valence-corrected chi connectivity index (χ3v) is 2.54. The van der Waals surface area contributed by atoms with Crippen LogP contribution >= 0.6 is 0 Å². The molecule has 0 aliphatic rings. The minimum Gasteiger partial charge on any atom is -0.618 e. The second-order valence-electron chi connectivity index (χ2n) is 3.93. The first-order valence-electron chi connectivity index (χ1n) is 5.98. The summed E-state index contributed by atoms with van der Waals surface area (Å²) in [6.45, 7) is 2.51. The molecular weight excluding hydrogens is 245 g/mol. The molecule has 0 bridgehead atoms. The zero-order valence-electron chi connectivity index (χ0n) is 10.5. The largest absolute Gasteiger partial charge is 0.618 e. The second kappa shape index (κ2) is 6.00. The molecule has 4 heteroatoms. The first-order valence-corrected chi connectivity index (χ1v) is 5.98. The van der Waals surface area contributed by atoms with Crippen LogP contribution in [0.2, 0.25) is 0 Å². The maximum Gasteiger partial charge on any atom is 0.216 e. The van der Waals surface area contributed by atoms with Gasteiger partial charge >= 0.3 is 0 Å². The van der Waals surface area contributed by atoms with Crippen LogP contribution in [-0.2, 0) is 0 Å². The number of nitrogens with zero attached hydrogens (tertiary/aromatic N) is 1. The zero-order chi connectivity index (χ0) is 13.7. The van der Waals surface area contributed by atoms with E-state index in [0.29, 0.717) is 17.0 Å². The maximum absolute atomic E-state index is 12.7. The van der Waals surface area contributed by atoms with Gasteiger partial charge in [-0.3, -0.25) is 0 Å². The Morgan fingerprint density at radius 1 is 1.11 bits per heavy atom. The fraction of sp³-hybridized carbons (Fsp3) is 0.133. The molecule has 19 heavy (non-hydrogen) atoms. The van der Waals surface area contributed by atoms with Crippen molar-refractivity contribution in [1.29, 1.82) is 0 Å². The van der Waals surface area contributed by atoms with Crippen molar-refractivity contribution in [3.05, 3.63) is 65.1 Å². The molecule has 2 aromatic rings. The highest BCUT2D eigenvalue weighted by Gasteiger charge is 2.02. The topological polar surface area (TPSA) is 35.3 Å². The molecule has 0 aromatic heterocycles. The first kappa shape index (κ1) is 13.1. The SMILES string of the molecule is CCOc1ccc(/C=[N+](/[O-])c2ccc(F)cc2)cc1.